The molecule has 0 aliphatic carbocycles. The molecule has 0 aliphatic heterocycles. The Labute approximate surface area is 226 Å². The molecule has 0 radical (unpaired) electrons. The molecule has 0 spiro atoms. The normalized spacial score (nSPS) is 11.6. The molecule has 4 aromatic carbocycles. The minimum absolute atomic E-state index is 0.229. The van der Waals surface area contributed by atoms with Crippen molar-refractivity contribution < 1.29 is 8.78 Å². The van der Waals surface area contributed by atoms with Crippen LogP contribution in [0.3, 0.4) is 0 Å². The third kappa shape index (κ3) is 4.72. The summed E-state index contributed by atoms with van der Waals surface area (Å²) in [5.41, 5.74) is 7.40. The zero-order valence-electron chi connectivity index (χ0n) is 21.9. The second kappa shape index (κ2) is 10.8. The van der Waals surface area contributed by atoms with Gasteiger partial charge in [-0.05, 0) is 60.8 Å². The first kappa shape index (κ1) is 25.0. The van der Waals surface area contributed by atoms with Gasteiger partial charge in [-0.2, -0.15) is 5.10 Å². The summed E-state index contributed by atoms with van der Waals surface area (Å²) in [6.07, 6.45) is 2.60. The summed E-state index contributed by atoms with van der Waals surface area (Å²) in [5.74, 6) is -0.229. The van der Waals surface area contributed by atoms with E-state index in [0.29, 0.717) is 24.2 Å². The topological polar surface area (TPSA) is 34.8 Å². The molecule has 0 unspecified atom stereocenters. The number of rotatable bonds is 9. The van der Waals surface area contributed by atoms with Crippen molar-refractivity contribution in [2.45, 2.75) is 19.9 Å². The summed E-state index contributed by atoms with van der Waals surface area (Å²) >= 11 is 0. The van der Waals surface area contributed by atoms with Gasteiger partial charge in [0.05, 0.1) is 28.6 Å². The second-order valence-electron chi connectivity index (χ2n) is 9.85. The Hall–Kier alpha value is -4.29. The van der Waals surface area contributed by atoms with Crippen LogP contribution in [0.4, 0.5) is 8.78 Å². The molecule has 2 heterocycles. The van der Waals surface area contributed by atoms with Crippen molar-refractivity contribution in [3.8, 4) is 16.9 Å². The van der Waals surface area contributed by atoms with Gasteiger partial charge in [-0.3, -0.25) is 0 Å². The number of hydrogen-bond donors (Lipinski definition) is 1. The molecule has 39 heavy (non-hydrogen) atoms. The van der Waals surface area contributed by atoms with Gasteiger partial charge in [0, 0.05) is 29.4 Å². The summed E-state index contributed by atoms with van der Waals surface area (Å²) in [6.45, 7) is 3.31. The average Bonchev–Trinajstić information content (AvgIpc) is 3.52. The van der Waals surface area contributed by atoms with E-state index < -0.39 is 0 Å². The highest BCUT2D eigenvalue weighted by Gasteiger charge is 2.23. The molecule has 6 rings (SSSR count). The van der Waals surface area contributed by atoms with Crippen molar-refractivity contribution in [1.82, 2.24) is 19.7 Å². The molecular weight excluding hydrogens is 490 g/mol. The van der Waals surface area contributed by atoms with Gasteiger partial charge in [-0.1, -0.05) is 66.7 Å². The molecule has 0 fully saturated rings. The predicted octanol–water partition coefficient (Wildman–Crippen LogP) is 7.24. The van der Waals surface area contributed by atoms with E-state index in [2.05, 4.69) is 39.2 Å². The van der Waals surface area contributed by atoms with Crippen LogP contribution >= 0.6 is 0 Å². The largest absolute Gasteiger partial charge is 0.333 e. The van der Waals surface area contributed by atoms with Crippen LogP contribution in [0.1, 0.15) is 16.7 Å². The Morgan fingerprint density at radius 2 is 1.51 bits per heavy atom. The molecule has 0 amide bonds. The monoisotopic (exact) mass is 520 g/mol. The van der Waals surface area contributed by atoms with Crippen molar-refractivity contribution in [2.24, 2.45) is 0 Å². The van der Waals surface area contributed by atoms with Crippen LogP contribution < -0.4 is 5.32 Å². The minimum atomic E-state index is -0.358. The third-order valence-electron chi connectivity index (χ3n) is 7.35. The molecule has 0 saturated heterocycles. The maximum absolute atomic E-state index is 16.6. The Balaban J connectivity index is 1.46. The predicted molar refractivity (Wildman–Crippen MR) is 155 cm³/mol. The van der Waals surface area contributed by atoms with Crippen molar-refractivity contribution >= 4 is 21.8 Å². The number of alkyl halides is 1. The van der Waals surface area contributed by atoms with E-state index in [0.717, 1.165) is 51.8 Å². The fourth-order valence-corrected chi connectivity index (χ4v) is 5.36. The Morgan fingerprint density at radius 1 is 0.795 bits per heavy atom. The number of aromatic nitrogens is 3. The molecule has 0 aliphatic rings. The van der Waals surface area contributed by atoms with E-state index in [1.807, 2.05) is 78.3 Å². The van der Waals surface area contributed by atoms with E-state index >= 15 is 4.39 Å². The molecule has 6 aromatic rings. The first-order chi connectivity index (χ1) is 19.2. The van der Waals surface area contributed by atoms with Crippen molar-refractivity contribution in [1.29, 1.82) is 0 Å². The van der Waals surface area contributed by atoms with Gasteiger partial charge >= 0.3 is 0 Å². The molecule has 1 N–H and O–H groups in total. The summed E-state index contributed by atoms with van der Waals surface area (Å²) in [6, 6.07) is 30.3. The highest BCUT2D eigenvalue weighted by atomic mass is 19.1. The highest BCUT2D eigenvalue weighted by molar-refractivity contribution is 6.08. The lowest BCUT2D eigenvalue weighted by atomic mass is 10.0. The molecular formula is C33H30F2N4. The van der Waals surface area contributed by atoms with Gasteiger partial charge in [0.2, 0.25) is 0 Å². The average molecular weight is 521 g/mol. The van der Waals surface area contributed by atoms with E-state index in [1.165, 1.54) is 5.56 Å². The molecule has 4 nitrogen and oxygen atoms in total. The van der Waals surface area contributed by atoms with Gasteiger partial charge in [0.1, 0.15) is 6.67 Å². The number of nitrogens with one attached hydrogen (secondary N) is 1. The summed E-state index contributed by atoms with van der Waals surface area (Å²) < 4.78 is 32.9. The van der Waals surface area contributed by atoms with Crippen molar-refractivity contribution in [3.63, 3.8) is 0 Å². The van der Waals surface area contributed by atoms with Crippen LogP contribution in [-0.4, -0.2) is 34.1 Å². The number of halogens is 2. The van der Waals surface area contributed by atoms with Gasteiger partial charge in [-0.25, -0.2) is 13.5 Å². The summed E-state index contributed by atoms with van der Waals surface area (Å²) in [4.78, 5) is 0. The van der Waals surface area contributed by atoms with E-state index in [9.17, 15) is 4.39 Å². The van der Waals surface area contributed by atoms with Gasteiger partial charge < -0.3 is 9.88 Å². The van der Waals surface area contributed by atoms with Crippen LogP contribution in [0.25, 0.3) is 38.8 Å². The Morgan fingerprint density at radius 3 is 2.28 bits per heavy atom. The molecule has 0 saturated carbocycles. The van der Waals surface area contributed by atoms with Crippen LogP contribution in [0.5, 0.6) is 0 Å². The fraction of sp³-hybridized carbons (Fsp3) is 0.182. The number of para-hydroxylation sites is 1. The Kier molecular flexibility index (Phi) is 6.95. The summed E-state index contributed by atoms with van der Waals surface area (Å²) in [5, 5.41) is 9.10. The highest BCUT2D eigenvalue weighted by Crippen LogP contribution is 2.38. The smallest absolute Gasteiger partial charge is 0.157 e. The number of aryl methyl sites for hydroxylation is 1. The number of nitrogens with zero attached hydrogens (tertiary/aromatic N) is 3. The van der Waals surface area contributed by atoms with Crippen molar-refractivity contribution in [3.05, 3.63) is 120 Å². The molecule has 6 heteroatoms. The van der Waals surface area contributed by atoms with Crippen molar-refractivity contribution in [2.75, 3.05) is 19.8 Å². The lowest BCUT2D eigenvalue weighted by Gasteiger charge is -2.14. The lowest BCUT2D eigenvalue weighted by Crippen LogP contribution is -2.19. The molecule has 196 valence electrons. The second-order valence-corrected chi connectivity index (χ2v) is 9.85. The molecule has 0 bridgehead atoms. The van der Waals surface area contributed by atoms with Gasteiger partial charge in [0.15, 0.2) is 5.82 Å². The zero-order chi connectivity index (χ0) is 26.8. The quantitative estimate of drug-likeness (QED) is 0.204. The SMILES string of the molecule is Cc1ccccc1-c1c(F)c2c3cnn(-c4ccccc4)c3ccc2n1Cc1ccc(CCNCCF)cc1. The lowest BCUT2D eigenvalue weighted by molar-refractivity contribution is 0.468. The van der Waals surface area contributed by atoms with Crippen LogP contribution in [0.2, 0.25) is 0 Å². The number of fused-ring (bicyclic) bond motifs is 3. The van der Waals surface area contributed by atoms with Crippen LogP contribution in [-0.2, 0) is 13.0 Å². The molecule has 0 atom stereocenters. The Bertz CT molecular complexity index is 1730. The first-order valence-electron chi connectivity index (χ1n) is 13.3. The fourth-order valence-electron chi connectivity index (χ4n) is 5.36. The van der Waals surface area contributed by atoms with E-state index in [-0.39, 0.29) is 12.5 Å². The van der Waals surface area contributed by atoms with E-state index in [4.69, 9.17) is 0 Å². The first-order valence-corrected chi connectivity index (χ1v) is 13.3. The van der Waals surface area contributed by atoms with Gasteiger partial charge in [-0.15, -0.1) is 0 Å². The number of benzene rings is 4. The van der Waals surface area contributed by atoms with Crippen LogP contribution in [0, 0.1) is 12.7 Å². The standard InChI is InChI=1S/C33H30F2N4/c1-23-7-5-6-10-27(23)33-32(35)31-28-21-37-39(26-8-3-2-4-9-26)29(28)15-16-30(31)38(33)22-25-13-11-24(12-14-25)17-19-36-20-18-34/h2-16,21,36H,17-20,22H2,1H3. The third-order valence-corrected chi connectivity index (χ3v) is 7.35. The molecule has 2 aromatic heterocycles. The summed E-state index contributed by atoms with van der Waals surface area (Å²) in [7, 11) is 0. The van der Waals surface area contributed by atoms with Crippen LogP contribution in [0.15, 0.2) is 97.2 Å². The maximum atomic E-state index is 16.6. The van der Waals surface area contributed by atoms with E-state index in [1.54, 1.807) is 6.20 Å². The zero-order valence-corrected chi connectivity index (χ0v) is 21.9. The number of hydrogen-bond acceptors (Lipinski definition) is 2. The van der Waals surface area contributed by atoms with Gasteiger partial charge in [0.25, 0.3) is 0 Å². The minimum Gasteiger partial charge on any atom is -0.333 e. The maximum Gasteiger partial charge on any atom is 0.157 e.